The summed E-state index contributed by atoms with van der Waals surface area (Å²) in [5.41, 5.74) is 8.84. The van der Waals surface area contributed by atoms with Crippen molar-refractivity contribution in [3.8, 4) is 22.4 Å². The second-order valence-electron chi connectivity index (χ2n) is 4.50. The summed E-state index contributed by atoms with van der Waals surface area (Å²) < 4.78 is 14.2. The third-order valence-corrected chi connectivity index (χ3v) is 4.33. The average molecular weight is 367 g/mol. The largest absolute Gasteiger partial charge is 0.382 e. The summed E-state index contributed by atoms with van der Waals surface area (Å²) in [5.74, 6) is -0.00184. The lowest BCUT2D eigenvalue weighted by molar-refractivity contribution is 0.628. The van der Waals surface area contributed by atoms with Crippen LogP contribution >= 0.6 is 27.5 Å². The van der Waals surface area contributed by atoms with Crippen molar-refractivity contribution in [1.29, 1.82) is 0 Å². The van der Waals surface area contributed by atoms with Gasteiger partial charge in [-0.05, 0) is 45.8 Å². The maximum atomic E-state index is 13.4. The van der Waals surface area contributed by atoms with Crippen molar-refractivity contribution in [3.05, 3.63) is 57.8 Å². The van der Waals surface area contributed by atoms with E-state index < -0.39 is 0 Å². The van der Waals surface area contributed by atoms with Crippen LogP contribution in [-0.4, -0.2) is 10.2 Å². The molecule has 0 atom stereocenters. The van der Waals surface area contributed by atoms with Gasteiger partial charge in [0.1, 0.15) is 5.82 Å². The molecular weight excluding hydrogens is 357 g/mol. The molecule has 0 aliphatic heterocycles. The number of hydrogen-bond donors (Lipinski definition) is 2. The number of H-pyrrole nitrogens is 1. The van der Waals surface area contributed by atoms with Crippen molar-refractivity contribution in [2.75, 3.05) is 5.73 Å². The number of benzene rings is 2. The zero-order valence-corrected chi connectivity index (χ0v) is 13.0. The number of anilines is 1. The van der Waals surface area contributed by atoms with Crippen LogP contribution in [0.25, 0.3) is 22.4 Å². The summed E-state index contributed by atoms with van der Waals surface area (Å²) in [7, 11) is 0. The van der Waals surface area contributed by atoms with Crippen LogP contribution in [-0.2, 0) is 0 Å². The van der Waals surface area contributed by atoms with E-state index in [1.54, 1.807) is 18.2 Å². The Morgan fingerprint density at radius 1 is 1.14 bits per heavy atom. The number of nitrogen functional groups attached to an aromatic ring is 1. The molecule has 1 heterocycles. The molecule has 1 aromatic heterocycles. The molecule has 0 saturated heterocycles. The molecule has 0 spiro atoms. The lowest BCUT2D eigenvalue weighted by Gasteiger charge is -2.06. The van der Waals surface area contributed by atoms with Crippen LogP contribution in [0.1, 0.15) is 0 Å². The second-order valence-corrected chi connectivity index (χ2v) is 5.76. The number of nitrogens with one attached hydrogen (secondary N) is 1. The first kappa shape index (κ1) is 14.1. The zero-order valence-electron chi connectivity index (χ0n) is 10.7. The van der Waals surface area contributed by atoms with E-state index in [0.717, 1.165) is 15.7 Å². The average Bonchev–Trinajstić information content (AvgIpc) is 2.84. The highest BCUT2D eigenvalue weighted by molar-refractivity contribution is 9.10. The van der Waals surface area contributed by atoms with Crippen LogP contribution < -0.4 is 5.73 Å². The quantitative estimate of drug-likeness (QED) is 0.679. The number of aromatic amines is 1. The van der Waals surface area contributed by atoms with Crippen molar-refractivity contribution in [2.45, 2.75) is 0 Å². The number of hydrogen-bond acceptors (Lipinski definition) is 2. The maximum Gasteiger partial charge on any atom is 0.153 e. The van der Waals surface area contributed by atoms with Crippen LogP contribution in [0.5, 0.6) is 0 Å². The fourth-order valence-corrected chi connectivity index (χ4v) is 2.65. The Balaban J connectivity index is 2.19. The first-order valence-corrected chi connectivity index (χ1v) is 7.28. The number of nitrogens with zero attached hydrogens (tertiary/aromatic N) is 1. The van der Waals surface area contributed by atoms with Gasteiger partial charge in [-0.15, -0.1) is 0 Å². The predicted octanol–water partition coefficient (Wildman–Crippen LogP) is 4.88. The van der Waals surface area contributed by atoms with Crippen LogP contribution in [0.15, 0.2) is 46.9 Å². The molecule has 0 aliphatic rings. The Bertz CT molecular complexity index is 816. The third kappa shape index (κ3) is 2.66. The van der Waals surface area contributed by atoms with Crippen LogP contribution in [0, 0.1) is 5.82 Å². The van der Waals surface area contributed by atoms with E-state index in [1.807, 2.05) is 12.1 Å². The van der Waals surface area contributed by atoms with Gasteiger partial charge in [0.15, 0.2) is 5.82 Å². The van der Waals surface area contributed by atoms with Crippen LogP contribution in [0.4, 0.5) is 10.2 Å². The van der Waals surface area contributed by atoms with Gasteiger partial charge in [0.2, 0.25) is 0 Å². The molecule has 0 saturated carbocycles. The molecular formula is C15H10BrClFN3. The summed E-state index contributed by atoms with van der Waals surface area (Å²) in [6.07, 6.45) is 0. The molecule has 3 aromatic rings. The molecule has 3 rings (SSSR count). The summed E-state index contributed by atoms with van der Waals surface area (Å²) >= 11 is 9.39. The molecule has 6 heteroatoms. The van der Waals surface area contributed by atoms with E-state index >= 15 is 0 Å². The van der Waals surface area contributed by atoms with Crippen molar-refractivity contribution in [1.82, 2.24) is 10.2 Å². The Kier molecular flexibility index (Phi) is 3.69. The van der Waals surface area contributed by atoms with Gasteiger partial charge in [-0.25, -0.2) is 4.39 Å². The third-order valence-electron chi connectivity index (χ3n) is 3.12. The Labute approximate surface area is 134 Å². The Morgan fingerprint density at radius 3 is 2.67 bits per heavy atom. The molecule has 106 valence electrons. The van der Waals surface area contributed by atoms with Crippen LogP contribution in [0.2, 0.25) is 5.02 Å². The van der Waals surface area contributed by atoms with Gasteiger partial charge in [0.05, 0.1) is 16.3 Å². The molecule has 21 heavy (non-hydrogen) atoms. The van der Waals surface area contributed by atoms with Gasteiger partial charge in [-0.1, -0.05) is 29.8 Å². The standard InChI is InChI=1S/C15H10BrClFN3/c16-11-7-9(4-5-12(11)17)14-13(15(19)21-20-14)8-2-1-3-10(18)6-8/h1-7H,(H3,19,20,21). The van der Waals surface area contributed by atoms with Gasteiger partial charge < -0.3 is 5.73 Å². The molecule has 0 fully saturated rings. The summed E-state index contributed by atoms with van der Waals surface area (Å²) in [6, 6.07) is 11.7. The van der Waals surface area contributed by atoms with Crippen molar-refractivity contribution in [3.63, 3.8) is 0 Å². The minimum atomic E-state index is -0.323. The van der Waals surface area contributed by atoms with E-state index in [1.165, 1.54) is 12.1 Å². The molecule has 0 bridgehead atoms. The number of nitrogens with two attached hydrogens (primary N) is 1. The highest BCUT2D eigenvalue weighted by Crippen LogP contribution is 2.37. The Morgan fingerprint density at radius 2 is 1.95 bits per heavy atom. The molecule has 0 unspecified atom stereocenters. The van der Waals surface area contributed by atoms with Crippen molar-refractivity contribution < 1.29 is 4.39 Å². The smallest absolute Gasteiger partial charge is 0.153 e. The van der Waals surface area contributed by atoms with Gasteiger partial charge in [0, 0.05) is 10.0 Å². The van der Waals surface area contributed by atoms with Crippen molar-refractivity contribution in [2.24, 2.45) is 0 Å². The van der Waals surface area contributed by atoms with Gasteiger partial charge in [-0.3, -0.25) is 5.10 Å². The van der Waals surface area contributed by atoms with E-state index in [-0.39, 0.29) is 5.82 Å². The van der Waals surface area contributed by atoms with Gasteiger partial charge in [0.25, 0.3) is 0 Å². The number of halogens is 3. The van der Waals surface area contributed by atoms with E-state index in [2.05, 4.69) is 26.1 Å². The first-order chi connectivity index (χ1) is 10.1. The fraction of sp³-hybridized carbons (Fsp3) is 0. The van der Waals surface area contributed by atoms with Crippen molar-refractivity contribution >= 4 is 33.3 Å². The molecule has 0 aliphatic carbocycles. The fourth-order valence-electron chi connectivity index (χ4n) is 2.15. The van der Waals surface area contributed by atoms with E-state index in [4.69, 9.17) is 17.3 Å². The normalized spacial score (nSPS) is 10.8. The summed E-state index contributed by atoms with van der Waals surface area (Å²) in [6.45, 7) is 0. The zero-order chi connectivity index (χ0) is 15.0. The van der Waals surface area contributed by atoms with Gasteiger partial charge in [-0.2, -0.15) is 5.10 Å². The minimum absolute atomic E-state index is 0.321. The highest BCUT2D eigenvalue weighted by atomic mass is 79.9. The monoisotopic (exact) mass is 365 g/mol. The lowest BCUT2D eigenvalue weighted by Crippen LogP contribution is -1.89. The topological polar surface area (TPSA) is 54.7 Å². The SMILES string of the molecule is Nc1n[nH]c(-c2ccc(Cl)c(Br)c2)c1-c1cccc(F)c1. The first-order valence-electron chi connectivity index (χ1n) is 6.11. The molecule has 3 N–H and O–H groups in total. The molecule has 3 nitrogen and oxygen atoms in total. The Hall–Kier alpha value is -1.85. The minimum Gasteiger partial charge on any atom is -0.382 e. The summed E-state index contributed by atoms with van der Waals surface area (Å²) in [4.78, 5) is 0. The molecule has 0 amide bonds. The predicted molar refractivity (Wildman–Crippen MR) is 86.5 cm³/mol. The highest BCUT2D eigenvalue weighted by Gasteiger charge is 2.16. The number of rotatable bonds is 2. The maximum absolute atomic E-state index is 13.4. The van der Waals surface area contributed by atoms with Gasteiger partial charge >= 0.3 is 0 Å². The molecule has 0 radical (unpaired) electrons. The second kappa shape index (κ2) is 5.50. The lowest BCUT2D eigenvalue weighted by atomic mass is 10.0. The van der Waals surface area contributed by atoms with E-state index in [9.17, 15) is 4.39 Å². The molecule has 2 aromatic carbocycles. The number of aromatic nitrogens is 2. The van der Waals surface area contributed by atoms with Crippen LogP contribution in [0.3, 0.4) is 0 Å². The van der Waals surface area contributed by atoms with E-state index in [0.29, 0.717) is 22.0 Å². The summed E-state index contributed by atoms with van der Waals surface area (Å²) in [5, 5.41) is 7.54.